The second-order valence-electron chi connectivity index (χ2n) is 3.47. The third-order valence-electron chi connectivity index (χ3n) is 2.74. The van der Waals surface area contributed by atoms with Gasteiger partial charge in [0.2, 0.25) is 0 Å². The predicted octanol–water partition coefficient (Wildman–Crippen LogP) is 1.90. The predicted molar refractivity (Wildman–Crippen MR) is 51.4 cm³/mol. The fraction of sp³-hybridized carbons (Fsp3) is 1.00. The van der Waals surface area contributed by atoms with Crippen molar-refractivity contribution in [3.63, 3.8) is 0 Å². The third-order valence-corrected chi connectivity index (χ3v) is 2.74. The Morgan fingerprint density at radius 3 is 2.25 bits per heavy atom. The summed E-state index contributed by atoms with van der Waals surface area (Å²) in [7, 11) is 0. The van der Waals surface area contributed by atoms with Crippen LogP contribution < -0.4 is 0 Å². The van der Waals surface area contributed by atoms with Gasteiger partial charge in [0.25, 0.3) is 0 Å². The average Bonchev–Trinajstić information content (AvgIpc) is 2.88. The number of ether oxygens (including phenoxy) is 1. The number of epoxide rings is 1. The van der Waals surface area contributed by atoms with Gasteiger partial charge in [-0.3, -0.25) is 0 Å². The van der Waals surface area contributed by atoms with E-state index in [1.807, 2.05) is 0 Å². The second kappa shape index (κ2) is 4.83. The van der Waals surface area contributed by atoms with Crippen molar-refractivity contribution in [3.05, 3.63) is 0 Å². The number of rotatable bonds is 6. The van der Waals surface area contributed by atoms with Crippen LogP contribution in [0, 0.1) is 0 Å². The summed E-state index contributed by atoms with van der Waals surface area (Å²) in [5.74, 6) is 0. The van der Waals surface area contributed by atoms with Gasteiger partial charge in [-0.05, 0) is 25.9 Å². The molecule has 72 valence electrons. The average molecular weight is 171 g/mol. The topological polar surface area (TPSA) is 15.8 Å². The molecule has 1 aliphatic rings. The fourth-order valence-electron chi connectivity index (χ4n) is 1.82. The maximum Gasteiger partial charge on any atom is 0.0824 e. The lowest BCUT2D eigenvalue weighted by atomic mass is 10.1. The van der Waals surface area contributed by atoms with E-state index in [-0.39, 0.29) is 0 Å². The summed E-state index contributed by atoms with van der Waals surface area (Å²) in [6.45, 7) is 10.1. The van der Waals surface area contributed by atoms with Gasteiger partial charge in [0.15, 0.2) is 0 Å². The molecule has 2 unspecified atom stereocenters. The van der Waals surface area contributed by atoms with Crippen LogP contribution in [0.4, 0.5) is 0 Å². The number of hydrogen-bond donors (Lipinski definition) is 0. The zero-order valence-corrected chi connectivity index (χ0v) is 8.55. The molecule has 0 aromatic carbocycles. The molecule has 0 N–H and O–H groups in total. The minimum atomic E-state index is 0.579. The first-order valence-corrected chi connectivity index (χ1v) is 5.17. The number of hydrogen-bond acceptors (Lipinski definition) is 2. The second-order valence-corrected chi connectivity index (χ2v) is 3.47. The van der Waals surface area contributed by atoms with E-state index >= 15 is 0 Å². The molecule has 2 atom stereocenters. The molecule has 1 heterocycles. The van der Waals surface area contributed by atoms with Gasteiger partial charge in [-0.15, -0.1) is 0 Å². The Bertz CT molecular complexity index is 119. The first kappa shape index (κ1) is 10.0. The lowest BCUT2D eigenvalue weighted by Gasteiger charge is -2.28. The highest BCUT2D eigenvalue weighted by molar-refractivity contribution is 4.78. The van der Waals surface area contributed by atoms with Crippen molar-refractivity contribution in [1.82, 2.24) is 4.90 Å². The quantitative estimate of drug-likeness (QED) is 0.567. The molecule has 0 aromatic rings. The van der Waals surface area contributed by atoms with Crippen molar-refractivity contribution in [2.24, 2.45) is 0 Å². The zero-order valence-electron chi connectivity index (χ0n) is 8.55. The van der Waals surface area contributed by atoms with Crippen LogP contribution in [0.2, 0.25) is 0 Å². The maximum absolute atomic E-state index is 5.25. The van der Waals surface area contributed by atoms with E-state index in [0.717, 1.165) is 12.6 Å². The summed E-state index contributed by atoms with van der Waals surface area (Å²) in [5, 5.41) is 0. The van der Waals surface area contributed by atoms with E-state index in [2.05, 4.69) is 25.7 Å². The standard InChI is InChI=1S/C10H21NO/c1-4-9(7-10-8-12-10)11(5-2)6-3/h9-10H,4-8H2,1-3H3. The maximum atomic E-state index is 5.25. The summed E-state index contributed by atoms with van der Waals surface area (Å²) in [5.41, 5.74) is 0. The lowest BCUT2D eigenvalue weighted by molar-refractivity contribution is 0.187. The van der Waals surface area contributed by atoms with Gasteiger partial charge in [0.05, 0.1) is 12.7 Å². The van der Waals surface area contributed by atoms with Gasteiger partial charge < -0.3 is 9.64 Å². The van der Waals surface area contributed by atoms with Crippen LogP contribution >= 0.6 is 0 Å². The molecule has 0 bridgehead atoms. The van der Waals surface area contributed by atoms with Crippen molar-refractivity contribution < 1.29 is 4.74 Å². The summed E-state index contributed by atoms with van der Waals surface area (Å²) in [4.78, 5) is 2.53. The van der Waals surface area contributed by atoms with Gasteiger partial charge in [-0.1, -0.05) is 20.8 Å². The first-order chi connectivity index (χ1) is 5.81. The lowest BCUT2D eigenvalue weighted by Crippen LogP contribution is -2.35. The molecule has 1 fully saturated rings. The van der Waals surface area contributed by atoms with E-state index < -0.39 is 0 Å². The van der Waals surface area contributed by atoms with Gasteiger partial charge in [-0.25, -0.2) is 0 Å². The molecule has 0 saturated carbocycles. The molecule has 1 aliphatic heterocycles. The molecule has 0 aliphatic carbocycles. The first-order valence-electron chi connectivity index (χ1n) is 5.17. The van der Waals surface area contributed by atoms with Crippen LogP contribution in [0.5, 0.6) is 0 Å². The van der Waals surface area contributed by atoms with Crippen molar-refractivity contribution in [2.75, 3.05) is 19.7 Å². The normalized spacial score (nSPS) is 24.5. The van der Waals surface area contributed by atoms with E-state index in [9.17, 15) is 0 Å². The van der Waals surface area contributed by atoms with Crippen molar-refractivity contribution >= 4 is 0 Å². The number of nitrogens with zero attached hydrogens (tertiary/aromatic N) is 1. The van der Waals surface area contributed by atoms with Gasteiger partial charge in [-0.2, -0.15) is 0 Å². The molecule has 12 heavy (non-hydrogen) atoms. The Morgan fingerprint density at radius 2 is 1.92 bits per heavy atom. The minimum Gasteiger partial charge on any atom is -0.373 e. The van der Waals surface area contributed by atoms with Crippen LogP contribution in [-0.2, 0) is 4.74 Å². The molecular weight excluding hydrogens is 150 g/mol. The van der Waals surface area contributed by atoms with E-state index in [1.165, 1.54) is 25.9 Å². The largest absolute Gasteiger partial charge is 0.373 e. The Morgan fingerprint density at radius 1 is 1.33 bits per heavy atom. The highest BCUT2D eigenvalue weighted by Crippen LogP contribution is 2.20. The molecular formula is C10H21NO. The Kier molecular flexibility index (Phi) is 4.02. The summed E-state index contributed by atoms with van der Waals surface area (Å²) in [6, 6.07) is 0.743. The SMILES string of the molecule is CCC(CC1CO1)N(CC)CC. The monoisotopic (exact) mass is 171 g/mol. The molecule has 1 saturated heterocycles. The van der Waals surface area contributed by atoms with Gasteiger partial charge >= 0.3 is 0 Å². The van der Waals surface area contributed by atoms with Crippen LogP contribution in [0.15, 0.2) is 0 Å². The molecule has 1 rings (SSSR count). The van der Waals surface area contributed by atoms with Crippen LogP contribution in [0.25, 0.3) is 0 Å². The summed E-state index contributed by atoms with van der Waals surface area (Å²) in [6.07, 6.45) is 3.07. The highest BCUT2D eigenvalue weighted by atomic mass is 16.6. The molecule has 2 nitrogen and oxygen atoms in total. The molecule has 0 radical (unpaired) electrons. The van der Waals surface area contributed by atoms with Crippen molar-refractivity contribution in [2.45, 2.75) is 45.8 Å². The van der Waals surface area contributed by atoms with E-state index in [1.54, 1.807) is 0 Å². The minimum absolute atomic E-state index is 0.579. The smallest absolute Gasteiger partial charge is 0.0824 e. The summed E-state index contributed by atoms with van der Waals surface area (Å²) < 4.78 is 5.25. The molecule has 0 aromatic heterocycles. The fourth-order valence-corrected chi connectivity index (χ4v) is 1.82. The Balaban J connectivity index is 2.29. The zero-order chi connectivity index (χ0) is 8.97. The van der Waals surface area contributed by atoms with Crippen LogP contribution in [-0.4, -0.2) is 36.7 Å². The van der Waals surface area contributed by atoms with E-state index in [0.29, 0.717) is 6.10 Å². The molecule has 0 amide bonds. The van der Waals surface area contributed by atoms with E-state index in [4.69, 9.17) is 4.74 Å². The van der Waals surface area contributed by atoms with Crippen LogP contribution in [0.1, 0.15) is 33.6 Å². The molecule has 0 spiro atoms. The summed E-state index contributed by atoms with van der Waals surface area (Å²) >= 11 is 0. The van der Waals surface area contributed by atoms with Gasteiger partial charge in [0.1, 0.15) is 0 Å². The van der Waals surface area contributed by atoms with Crippen molar-refractivity contribution in [3.8, 4) is 0 Å². The third kappa shape index (κ3) is 2.76. The van der Waals surface area contributed by atoms with Crippen LogP contribution in [0.3, 0.4) is 0 Å². The Labute approximate surface area is 75.9 Å². The highest BCUT2D eigenvalue weighted by Gasteiger charge is 2.27. The van der Waals surface area contributed by atoms with Gasteiger partial charge in [0, 0.05) is 6.04 Å². The Hall–Kier alpha value is -0.0800. The molecule has 2 heteroatoms. The van der Waals surface area contributed by atoms with Crippen molar-refractivity contribution in [1.29, 1.82) is 0 Å².